The Labute approximate surface area is 142 Å². The van der Waals surface area contributed by atoms with Crippen molar-refractivity contribution in [3.8, 4) is 5.75 Å². The lowest BCUT2D eigenvalue weighted by Gasteiger charge is -2.17. The van der Waals surface area contributed by atoms with Crippen molar-refractivity contribution in [2.24, 2.45) is 0 Å². The molecule has 25 heavy (non-hydrogen) atoms. The Balaban J connectivity index is 2.68. The van der Waals surface area contributed by atoms with Gasteiger partial charge >= 0.3 is 12.1 Å². The summed E-state index contributed by atoms with van der Waals surface area (Å²) in [6.45, 7) is 2.71. The molecule has 0 heterocycles. The van der Waals surface area contributed by atoms with Gasteiger partial charge in [-0.25, -0.2) is 4.79 Å². The van der Waals surface area contributed by atoms with E-state index in [0.29, 0.717) is 22.4 Å². The number of nitrogens with one attached hydrogen (secondary N) is 1. The maximum Gasteiger partial charge on any atom is 0.411 e. The average Bonchev–Trinajstić information content (AvgIpc) is 2.44. The van der Waals surface area contributed by atoms with E-state index < -0.39 is 37.3 Å². The van der Waals surface area contributed by atoms with Gasteiger partial charge in [0.15, 0.2) is 6.61 Å². The van der Waals surface area contributed by atoms with Crippen LogP contribution in [0.3, 0.4) is 0 Å². The van der Waals surface area contributed by atoms with Gasteiger partial charge in [0.2, 0.25) is 0 Å². The number of carbonyl (C=O) groups excluding carboxylic acids is 1. The van der Waals surface area contributed by atoms with Crippen LogP contribution in [0.4, 0.5) is 13.2 Å². The number of benzene rings is 1. The fourth-order valence-corrected chi connectivity index (χ4v) is 2.14. The Hall–Kier alpha value is -2.29. The van der Waals surface area contributed by atoms with E-state index >= 15 is 0 Å². The van der Waals surface area contributed by atoms with Crippen LogP contribution in [-0.4, -0.2) is 49.0 Å². The van der Waals surface area contributed by atoms with Gasteiger partial charge in [0.25, 0.3) is 5.91 Å². The number of carboxylic acids is 1. The maximum atomic E-state index is 12.2. The van der Waals surface area contributed by atoms with E-state index in [1.165, 1.54) is 19.1 Å². The second kappa shape index (κ2) is 8.70. The van der Waals surface area contributed by atoms with Crippen LogP contribution in [0.5, 0.6) is 5.75 Å². The predicted octanol–water partition coefficient (Wildman–Crippen LogP) is 2.46. The molecule has 0 radical (unpaired) electrons. The molecule has 0 saturated heterocycles. The van der Waals surface area contributed by atoms with Crippen molar-refractivity contribution in [3.63, 3.8) is 0 Å². The molecule has 9 heteroatoms. The van der Waals surface area contributed by atoms with Crippen molar-refractivity contribution < 1.29 is 37.3 Å². The van der Waals surface area contributed by atoms with Gasteiger partial charge in [0, 0.05) is 11.6 Å². The first-order valence-electron chi connectivity index (χ1n) is 7.41. The average molecular weight is 363 g/mol. The molecule has 2 N–H and O–H groups in total. The Morgan fingerprint density at radius 1 is 1.24 bits per heavy atom. The Kier molecular flexibility index (Phi) is 7.22. The lowest BCUT2D eigenvalue weighted by molar-refractivity contribution is -0.174. The van der Waals surface area contributed by atoms with Crippen molar-refractivity contribution in [3.05, 3.63) is 28.8 Å². The number of alkyl halides is 3. The lowest BCUT2D eigenvalue weighted by atomic mass is 10.0. The molecule has 6 nitrogen and oxygen atoms in total. The van der Waals surface area contributed by atoms with E-state index in [9.17, 15) is 22.8 Å². The Morgan fingerprint density at radius 3 is 2.28 bits per heavy atom. The predicted molar refractivity (Wildman–Crippen MR) is 82.8 cm³/mol. The molecule has 1 unspecified atom stereocenters. The van der Waals surface area contributed by atoms with Gasteiger partial charge < -0.3 is 19.9 Å². The topological polar surface area (TPSA) is 84.9 Å². The highest BCUT2D eigenvalue weighted by Gasteiger charge is 2.27. The summed E-state index contributed by atoms with van der Waals surface area (Å²) >= 11 is 0. The Bertz CT molecular complexity index is 608. The highest BCUT2D eigenvalue weighted by molar-refractivity contribution is 5.95. The maximum absolute atomic E-state index is 12.2. The summed E-state index contributed by atoms with van der Waals surface area (Å²) in [5.41, 5.74) is 1.44. The number of hydrogen-bond acceptors (Lipinski definition) is 4. The normalized spacial score (nSPS) is 12.6. The van der Waals surface area contributed by atoms with Crippen LogP contribution in [0.1, 0.15) is 28.4 Å². The first kappa shape index (κ1) is 20.8. The number of carbonyl (C=O) groups is 2. The summed E-state index contributed by atoms with van der Waals surface area (Å²) in [5.74, 6) is -1.21. The second-order valence-corrected chi connectivity index (χ2v) is 5.63. The number of carboxylic acid groups (broad SMARTS) is 1. The summed E-state index contributed by atoms with van der Waals surface area (Å²) in [6.07, 6.45) is -4.41. The molecular formula is C16H20F3NO5. The molecule has 1 aromatic rings. The van der Waals surface area contributed by atoms with Gasteiger partial charge in [-0.3, -0.25) is 4.79 Å². The molecule has 0 aromatic heterocycles. The molecule has 0 spiro atoms. The monoisotopic (exact) mass is 363 g/mol. The van der Waals surface area contributed by atoms with E-state index in [4.69, 9.17) is 9.84 Å². The zero-order valence-electron chi connectivity index (χ0n) is 14.1. The molecule has 0 saturated carbocycles. The third-order valence-corrected chi connectivity index (χ3v) is 3.07. The van der Waals surface area contributed by atoms with Gasteiger partial charge in [-0.2, -0.15) is 13.2 Å². The van der Waals surface area contributed by atoms with Crippen molar-refractivity contribution in [1.82, 2.24) is 5.32 Å². The fourth-order valence-electron chi connectivity index (χ4n) is 2.14. The second-order valence-electron chi connectivity index (χ2n) is 5.63. The van der Waals surface area contributed by atoms with Crippen LogP contribution in [0.15, 0.2) is 12.1 Å². The number of hydrogen-bond donors (Lipinski definition) is 2. The summed E-state index contributed by atoms with van der Waals surface area (Å²) in [5, 5.41) is 11.2. The molecule has 0 aliphatic rings. The van der Waals surface area contributed by atoms with Gasteiger partial charge in [0.05, 0.1) is 6.61 Å². The van der Waals surface area contributed by atoms with E-state index in [2.05, 4.69) is 10.1 Å². The van der Waals surface area contributed by atoms with E-state index in [-0.39, 0.29) is 6.61 Å². The molecule has 0 aliphatic carbocycles. The minimum Gasteiger partial charge on any atom is -0.481 e. The number of aryl methyl sites for hydroxylation is 2. The lowest BCUT2D eigenvalue weighted by Crippen LogP contribution is -2.37. The molecule has 0 fully saturated rings. The summed E-state index contributed by atoms with van der Waals surface area (Å²) in [6, 6.07) is 2.42. The van der Waals surface area contributed by atoms with Gasteiger partial charge in [-0.05, 0) is 44.0 Å². The number of aliphatic carboxylic acids is 1. The largest absolute Gasteiger partial charge is 0.481 e. The third kappa shape index (κ3) is 7.42. The number of amides is 1. The minimum absolute atomic E-state index is 0.275. The SMILES string of the molecule is Cc1cc(C(=O)NC(C)COCC(F)(F)F)cc(C)c1OCC(=O)O. The summed E-state index contributed by atoms with van der Waals surface area (Å²) in [4.78, 5) is 22.7. The molecule has 1 rings (SSSR count). The van der Waals surface area contributed by atoms with Crippen molar-refractivity contribution >= 4 is 11.9 Å². The van der Waals surface area contributed by atoms with Crippen molar-refractivity contribution in [1.29, 1.82) is 0 Å². The van der Waals surface area contributed by atoms with Gasteiger partial charge in [-0.1, -0.05) is 0 Å². The summed E-state index contributed by atoms with van der Waals surface area (Å²) in [7, 11) is 0. The molecule has 140 valence electrons. The van der Waals surface area contributed by atoms with E-state index in [1.807, 2.05) is 0 Å². The van der Waals surface area contributed by atoms with E-state index in [0.717, 1.165) is 0 Å². The Morgan fingerprint density at radius 2 is 1.80 bits per heavy atom. The number of ether oxygens (including phenoxy) is 2. The van der Waals surface area contributed by atoms with Crippen LogP contribution in [0.25, 0.3) is 0 Å². The van der Waals surface area contributed by atoms with Gasteiger partial charge in [0.1, 0.15) is 12.4 Å². The van der Waals surface area contributed by atoms with Crippen LogP contribution in [0, 0.1) is 13.8 Å². The highest BCUT2D eigenvalue weighted by atomic mass is 19.4. The number of rotatable bonds is 8. The molecule has 1 atom stereocenters. The quantitative estimate of drug-likeness (QED) is 0.741. The zero-order valence-corrected chi connectivity index (χ0v) is 14.1. The molecule has 0 bridgehead atoms. The van der Waals surface area contributed by atoms with Crippen molar-refractivity contribution in [2.45, 2.75) is 33.0 Å². The smallest absolute Gasteiger partial charge is 0.411 e. The molecular weight excluding hydrogens is 343 g/mol. The first-order chi connectivity index (χ1) is 11.5. The molecule has 1 aromatic carbocycles. The van der Waals surface area contributed by atoms with Crippen LogP contribution >= 0.6 is 0 Å². The zero-order chi connectivity index (χ0) is 19.2. The first-order valence-corrected chi connectivity index (χ1v) is 7.41. The number of halogens is 3. The highest BCUT2D eigenvalue weighted by Crippen LogP contribution is 2.25. The third-order valence-electron chi connectivity index (χ3n) is 3.07. The minimum atomic E-state index is -4.41. The van der Waals surface area contributed by atoms with Crippen LogP contribution in [0.2, 0.25) is 0 Å². The van der Waals surface area contributed by atoms with E-state index in [1.54, 1.807) is 13.8 Å². The summed E-state index contributed by atoms with van der Waals surface area (Å²) < 4.78 is 45.7. The van der Waals surface area contributed by atoms with Crippen LogP contribution in [-0.2, 0) is 9.53 Å². The molecule has 1 amide bonds. The van der Waals surface area contributed by atoms with Crippen molar-refractivity contribution in [2.75, 3.05) is 19.8 Å². The standard InChI is InChI=1S/C16H20F3NO5/c1-9-4-12(5-10(2)14(9)25-7-13(21)22)15(23)20-11(3)6-24-8-16(17,18)19/h4-5,11H,6-8H2,1-3H3,(H,20,23)(H,21,22). The fraction of sp³-hybridized carbons (Fsp3) is 0.500. The molecule has 0 aliphatic heterocycles. The van der Waals surface area contributed by atoms with Crippen LogP contribution < -0.4 is 10.1 Å². The van der Waals surface area contributed by atoms with Gasteiger partial charge in [-0.15, -0.1) is 0 Å².